The minimum Gasteiger partial charge on any atom is -0.468 e. The lowest BCUT2D eigenvalue weighted by atomic mass is 10.1. The van der Waals surface area contributed by atoms with Gasteiger partial charge in [-0.05, 0) is 202 Å². The van der Waals surface area contributed by atoms with Gasteiger partial charge >= 0.3 is 17.9 Å². The molecular formula is C68H86Br4Cl3N3O15S3. The molecule has 0 amide bonds. The van der Waals surface area contributed by atoms with Crippen molar-refractivity contribution in [3.05, 3.63) is 189 Å². The summed E-state index contributed by atoms with van der Waals surface area (Å²) in [5.74, 6) is -1.37. The van der Waals surface area contributed by atoms with Crippen molar-refractivity contribution < 1.29 is 68.4 Å². The Labute approximate surface area is 616 Å². The topological polar surface area (TPSA) is 230 Å². The van der Waals surface area contributed by atoms with Crippen LogP contribution in [0.15, 0.2) is 155 Å². The fraction of sp³-hybridized carbons (Fsp3) is 0.426. The maximum Gasteiger partial charge on any atom is 0.332 e. The van der Waals surface area contributed by atoms with E-state index in [2.05, 4.69) is 63.7 Å². The number of sulfonamides is 3. The van der Waals surface area contributed by atoms with Gasteiger partial charge < -0.3 is 28.8 Å². The van der Waals surface area contributed by atoms with E-state index < -0.39 is 72.3 Å². The van der Waals surface area contributed by atoms with Gasteiger partial charge in [-0.3, -0.25) is 9.59 Å². The molecule has 1 N–H and O–H groups in total. The number of aliphatic hydroxyl groups excluding tert-OH is 1. The van der Waals surface area contributed by atoms with Gasteiger partial charge in [0.25, 0.3) is 0 Å². The summed E-state index contributed by atoms with van der Waals surface area (Å²) in [5.41, 5.74) is 2.84. The molecule has 0 spiro atoms. The summed E-state index contributed by atoms with van der Waals surface area (Å²) in [4.78, 5) is 34.7. The number of rotatable bonds is 22. The Morgan fingerprint density at radius 2 is 0.865 bits per heavy atom. The van der Waals surface area contributed by atoms with Crippen molar-refractivity contribution in [2.45, 2.75) is 140 Å². The fourth-order valence-electron chi connectivity index (χ4n) is 9.10. The number of hydrogen-bond acceptors (Lipinski definition) is 15. The molecule has 1 aliphatic rings. The van der Waals surface area contributed by atoms with Crippen molar-refractivity contribution in [2.75, 3.05) is 65.1 Å². The van der Waals surface area contributed by atoms with E-state index in [1.54, 1.807) is 104 Å². The summed E-state index contributed by atoms with van der Waals surface area (Å²) in [6, 6.07) is 35.0. The number of carbonyl (C=O) groups is 3. The first-order valence-electron chi connectivity index (χ1n) is 30.2. The summed E-state index contributed by atoms with van der Waals surface area (Å²) in [6.45, 7) is 22.3. The molecule has 1 fully saturated rings. The van der Waals surface area contributed by atoms with Gasteiger partial charge in [-0.25, -0.2) is 30.0 Å². The highest BCUT2D eigenvalue weighted by Gasteiger charge is 2.36. The third-order valence-corrected chi connectivity index (χ3v) is 23.4. The second kappa shape index (κ2) is 40.5. The first-order chi connectivity index (χ1) is 44.7. The molecule has 530 valence electrons. The second-order valence-corrected chi connectivity index (χ2v) is 33.6. The van der Waals surface area contributed by atoms with Crippen LogP contribution in [-0.4, -0.2) is 137 Å². The fourth-order valence-corrected chi connectivity index (χ4v) is 16.7. The molecule has 1 aliphatic heterocycles. The van der Waals surface area contributed by atoms with Crippen LogP contribution >= 0.6 is 98.5 Å². The van der Waals surface area contributed by atoms with E-state index in [1.807, 2.05) is 94.4 Å². The molecule has 0 bridgehead atoms. The Morgan fingerprint density at radius 1 is 0.531 bits per heavy atom. The van der Waals surface area contributed by atoms with Gasteiger partial charge in [-0.15, -0.1) is 0 Å². The third kappa shape index (κ3) is 27.6. The SMILES string of the molecule is C1CCOC1.CC(C)(C)OC(=O)CBr.COC(=O)CN([C@@H](C)c1cccc(Br)c1)S(=O)(=O)c1cccc(Cl)c1C.Cc1c(Cl)cccc1S(=O)(=O)N(CCO)[C@@H](C)c1cccc(Br)c1.Cc1c(Cl)cccc1S(=O)(=O)N(CCOCC(=O)OC(C)(C)C)[C@@H](C)c1cccc(Br)c1. The lowest BCUT2D eigenvalue weighted by Gasteiger charge is -2.29. The average molecular weight is 1710 g/mol. The molecule has 28 heteroatoms. The lowest BCUT2D eigenvalue weighted by molar-refractivity contribution is -0.160. The Hall–Kier alpha value is -3.87. The zero-order valence-corrected chi connectivity index (χ0v) is 67.1. The number of methoxy groups -OCH3 is 1. The largest absolute Gasteiger partial charge is 0.468 e. The Bertz CT molecular complexity index is 3870. The van der Waals surface area contributed by atoms with E-state index in [4.69, 9.17) is 58.5 Å². The molecule has 0 radical (unpaired) electrons. The van der Waals surface area contributed by atoms with E-state index >= 15 is 0 Å². The molecule has 7 rings (SSSR count). The Morgan fingerprint density at radius 3 is 1.17 bits per heavy atom. The molecule has 0 saturated carbocycles. The van der Waals surface area contributed by atoms with Gasteiger partial charge in [-0.1, -0.05) is 153 Å². The first-order valence-corrected chi connectivity index (χ1v) is 39.1. The number of nitrogens with zero attached hydrogens (tertiary/aromatic N) is 3. The Balaban J connectivity index is 0.000000342. The number of alkyl halides is 1. The minimum absolute atomic E-state index is 0.00195. The number of benzene rings is 6. The maximum atomic E-state index is 13.6. The summed E-state index contributed by atoms with van der Waals surface area (Å²) < 4.78 is 112. The number of hydrogen-bond donors (Lipinski definition) is 1. The molecule has 1 heterocycles. The van der Waals surface area contributed by atoms with Gasteiger partial charge in [0.2, 0.25) is 30.1 Å². The number of ether oxygens (including phenoxy) is 5. The summed E-state index contributed by atoms with van der Waals surface area (Å²) in [5, 5.41) is 10.8. The normalized spacial score (nSPS) is 13.5. The predicted octanol–water partition coefficient (Wildman–Crippen LogP) is 16.5. The molecule has 6 aromatic carbocycles. The van der Waals surface area contributed by atoms with Crippen LogP contribution < -0.4 is 0 Å². The number of aliphatic hydroxyl groups is 1. The van der Waals surface area contributed by atoms with Gasteiger partial charge in [0, 0.05) is 72.9 Å². The predicted molar refractivity (Wildman–Crippen MR) is 393 cm³/mol. The lowest BCUT2D eigenvalue weighted by Crippen LogP contribution is -2.38. The molecule has 1 saturated heterocycles. The van der Waals surface area contributed by atoms with E-state index in [1.165, 1.54) is 40.7 Å². The van der Waals surface area contributed by atoms with Crippen molar-refractivity contribution in [3.63, 3.8) is 0 Å². The molecule has 6 aromatic rings. The molecule has 0 aromatic heterocycles. The summed E-state index contributed by atoms with van der Waals surface area (Å²) in [6.07, 6.45) is 2.56. The highest BCUT2D eigenvalue weighted by atomic mass is 79.9. The zero-order chi connectivity index (χ0) is 72.5. The van der Waals surface area contributed by atoms with Crippen LogP contribution in [0.3, 0.4) is 0 Å². The highest BCUT2D eigenvalue weighted by molar-refractivity contribution is 9.11. The van der Waals surface area contributed by atoms with Crippen LogP contribution in [0.5, 0.6) is 0 Å². The molecule has 18 nitrogen and oxygen atoms in total. The van der Waals surface area contributed by atoms with Crippen molar-refractivity contribution in [2.24, 2.45) is 0 Å². The molecule has 96 heavy (non-hydrogen) atoms. The number of esters is 3. The van der Waals surface area contributed by atoms with Gasteiger partial charge in [0.15, 0.2) is 0 Å². The second-order valence-electron chi connectivity index (χ2n) is 23.5. The average Bonchev–Trinajstić information content (AvgIpc) is 0.822. The van der Waals surface area contributed by atoms with Gasteiger partial charge in [-0.2, -0.15) is 12.9 Å². The number of halogens is 7. The molecule has 3 atom stereocenters. The van der Waals surface area contributed by atoms with Crippen LogP contribution in [0.4, 0.5) is 0 Å². The van der Waals surface area contributed by atoms with Crippen molar-refractivity contribution in [1.82, 2.24) is 12.9 Å². The van der Waals surface area contributed by atoms with E-state index in [-0.39, 0.29) is 64.5 Å². The standard InChI is InChI=1S/C23H29BrClNO5S.C18H19BrClNO4S.C17H19BrClNO3S.C6H11BrO2.C4H8O/c1-16-20(25)10-7-11-21(16)32(28,29)26(17(2)18-8-6-9-19(24)14-18)12-13-30-15-22(27)31-23(3,4)5;1-12-16(20)8-5-9-17(12)26(23,24)21(11-18(22)25-3)13(2)14-6-4-7-15(19)10-14;1-12-16(19)7-4-8-17(12)24(22,23)20(9-10-21)13(2)14-5-3-6-15(18)11-14;1-6(2,3)9-5(8)4-7;1-2-4-5-3-1/h6-11,14,17H,12-13,15H2,1-5H3;4-10,13H,11H2,1-3H3;3-8,11,13,21H,9-10H2,1-2H3;4H2,1-3H3;1-4H2/t17-;2*13-;;/m000../s1. The van der Waals surface area contributed by atoms with Crippen LogP contribution in [0.1, 0.15) is 127 Å². The Kier molecular flexibility index (Phi) is 36.5. The first kappa shape index (κ1) is 86.4. The van der Waals surface area contributed by atoms with E-state index in [0.717, 1.165) is 47.6 Å². The van der Waals surface area contributed by atoms with Crippen molar-refractivity contribution >= 4 is 147 Å². The zero-order valence-electron chi connectivity index (χ0n) is 56.0. The maximum absolute atomic E-state index is 13.6. The summed E-state index contributed by atoms with van der Waals surface area (Å²) >= 11 is 31.6. The monoisotopic (exact) mass is 1700 g/mol. The summed E-state index contributed by atoms with van der Waals surface area (Å²) in [7, 11) is -10.5. The van der Waals surface area contributed by atoms with Gasteiger partial charge in [0.1, 0.15) is 29.7 Å². The van der Waals surface area contributed by atoms with Crippen LogP contribution in [-0.2, 0) is 68.1 Å². The molecule has 0 aliphatic carbocycles. The van der Waals surface area contributed by atoms with E-state index in [0.29, 0.717) is 31.8 Å². The van der Waals surface area contributed by atoms with Crippen LogP contribution in [0, 0.1) is 20.8 Å². The molecule has 0 unspecified atom stereocenters. The smallest absolute Gasteiger partial charge is 0.332 e. The quantitative estimate of drug-likeness (QED) is 0.0288. The molecular weight excluding hydrogens is 1620 g/mol. The minimum atomic E-state index is -3.99. The van der Waals surface area contributed by atoms with Crippen molar-refractivity contribution in [1.29, 1.82) is 0 Å². The van der Waals surface area contributed by atoms with Crippen molar-refractivity contribution in [3.8, 4) is 0 Å². The third-order valence-electron chi connectivity index (χ3n) is 14.0. The van der Waals surface area contributed by atoms with Crippen LogP contribution in [0.2, 0.25) is 15.1 Å². The highest BCUT2D eigenvalue weighted by Crippen LogP contribution is 2.36. The van der Waals surface area contributed by atoms with Crippen LogP contribution in [0.25, 0.3) is 0 Å². The van der Waals surface area contributed by atoms with Gasteiger partial charge in [0.05, 0.1) is 35.0 Å². The van der Waals surface area contributed by atoms with E-state index in [9.17, 15) is 44.7 Å². The number of carbonyl (C=O) groups excluding carboxylic acids is 3.